The first kappa shape index (κ1) is 17.2. The van der Waals surface area contributed by atoms with Crippen LogP contribution in [0.5, 0.6) is 0 Å². The fourth-order valence-corrected chi connectivity index (χ4v) is 4.30. The van der Waals surface area contributed by atoms with Gasteiger partial charge in [-0.2, -0.15) is 4.31 Å². The number of aliphatic hydroxyl groups excluding tert-OH is 1. The second-order valence-corrected chi connectivity index (χ2v) is 6.79. The highest BCUT2D eigenvalue weighted by atomic mass is 35.5. The molecule has 0 unspecified atom stereocenters. The van der Waals surface area contributed by atoms with E-state index in [4.69, 9.17) is 22.4 Å². The number of hydrogen-bond donors (Lipinski definition) is 2. The lowest BCUT2D eigenvalue weighted by Gasteiger charge is -2.29. The molecule has 0 bridgehead atoms. The van der Waals surface area contributed by atoms with Crippen molar-refractivity contribution in [1.29, 1.82) is 0 Å². The molecule has 0 saturated carbocycles. The van der Waals surface area contributed by atoms with E-state index in [0.717, 1.165) is 0 Å². The van der Waals surface area contributed by atoms with E-state index in [9.17, 15) is 8.42 Å². The van der Waals surface area contributed by atoms with E-state index in [2.05, 4.69) is 0 Å². The number of anilines is 1. The number of nitrogens with zero attached hydrogens (tertiary/aromatic N) is 1. The van der Waals surface area contributed by atoms with Gasteiger partial charge in [0.05, 0.1) is 12.3 Å². The topological polar surface area (TPSA) is 83.6 Å². The Labute approximate surface area is 125 Å². The summed E-state index contributed by atoms with van der Waals surface area (Å²) in [7, 11) is -3.78. The van der Waals surface area contributed by atoms with E-state index >= 15 is 0 Å². The second kappa shape index (κ2) is 7.26. The first-order chi connectivity index (χ1) is 9.38. The molecule has 0 aliphatic carbocycles. The van der Waals surface area contributed by atoms with Gasteiger partial charge < -0.3 is 10.8 Å². The molecule has 1 aromatic carbocycles. The molecular weight excluding hydrogens is 300 g/mol. The zero-order valence-corrected chi connectivity index (χ0v) is 13.3. The van der Waals surface area contributed by atoms with Crippen LogP contribution < -0.4 is 5.73 Å². The van der Waals surface area contributed by atoms with Crippen LogP contribution in [-0.4, -0.2) is 37.0 Å². The van der Waals surface area contributed by atoms with Crippen molar-refractivity contribution >= 4 is 27.3 Å². The predicted octanol–water partition coefficient (Wildman–Crippen LogP) is 2.09. The van der Waals surface area contributed by atoms with Crippen molar-refractivity contribution in [2.45, 2.75) is 37.6 Å². The van der Waals surface area contributed by atoms with Gasteiger partial charge in [-0.25, -0.2) is 8.42 Å². The molecule has 114 valence electrons. The minimum atomic E-state index is -3.78. The summed E-state index contributed by atoms with van der Waals surface area (Å²) in [5.41, 5.74) is 5.92. The molecule has 7 heteroatoms. The first-order valence-electron chi connectivity index (χ1n) is 6.56. The largest absolute Gasteiger partial charge is 0.398 e. The molecule has 0 saturated heterocycles. The summed E-state index contributed by atoms with van der Waals surface area (Å²) >= 11 is 5.86. The smallest absolute Gasteiger partial charge is 0.245 e. The molecule has 0 atom stereocenters. The van der Waals surface area contributed by atoms with Crippen LogP contribution in [0.2, 0.25) is 5.02 Å². The van der Waals surface area contributed by atoms with E-state index < -0.39 is 10.0 Å². The first-order valence-corrected chi connectivity index (χ1v) is 8.38. The molecule has 0 heterocycles. The maximum Gasteiger partial charge on any atom is 0.245 e. The number of sulfonamides is 1. The number of nitrogens with two attached hydrogens (primary N) is 1. The van der Waals surface area contributed by atoms with Gasteiger partial charge in [0, 0.05) is 17.6 Å². The summed E-state index contributed by atoms with van der Waals surface area (Å²) in [6, 6.07) is 4.19. The number of hydrogen-bond acceptors (Lipinski definition) is 4. The van der Waals surface area contributed by atoms with Crippen molar-refractivity contribution in [3.63, 3.8) is 0 Å². The molecule has 0 aliphatic heterocycles. The molecule has 0 aromatic heterocycles. The Hall–Kier alpha value is -0.820. The molecule has 1 aromatic rings. The lowest BCUT2D eigenvalue weighted by atomic mass is 10.2. The molecule has 20 heavy (non-hydrogen) atoms. The van der Waals surface area contributed by atoms with Gasteiger partial charge in [0.25, 0.3) is 0 Å². The normalized spacial score (nSPS) is 12.3. The highest BCUT2D eigenvalue weighted by Gasteiger charge is 2.30. The van der Waals surface area contributed by atoms with E-state index in [0.29, 0.717) is 17.9 Å². The maximum atomic E-state index is 12.7. The van der Waals surface area contributed by atoms with Crippen molar-refractivity contribution in [3.8, 4) is 0 Å². The number of rotatable bonds is 7. The molecule has 0 amide bonds. The van der Waals surface area contributed by atoms with Crippen molar-refractivity contribution in [3.05, 3.63) is 23.2 Å². The SMILES string of the molecule is CCC(CC)N(CCO)S(=O)(=O)c1cc(Cl)ccc1N. The van der Waals surface area contributed by atoms with Crippen molar-refractivity contribution in [2.75, 3.05) is 18.9 Å². The third-order valence-corrected chi connectivity index (χ3v) is 5.48. The van der Waals surface area contributed by atoms with Crippen LogP contribution in [-0.2, 0) is 10.0 Å². The average Bonchev–Trinajstić information content (AvgIpc) is 2.41. The fraction of sp³-hybridized carbons (Fsp3) is 0.538. The van der Waals surface area contributed by atoms with Crippen LogP contribution in [0.3, 0.4) is 0 Å². The van der Waals surface area contributed by atoms with E-state index in [1.165, 1.54) is 16.4 Å². The minimum absolute atomic E-state index is 0.00894. The third kappa shape index (κ3) is 3.63. The van der Waals surface area contributed by atoms with Gasteiger partial charge in [-0.3, -0.25) is 0 Å². The zero-order chi connectivity index (χ0) is 15.3. The van der Waals surface area contributed by atoms with Gasteiger partial charge >= 0.3 is 0 Å². The van der Waals surface area contributed by atoms with Crippen molar-refractivity contribution in [1.82, 2.24) is 4.31 Å². The molecular formula is C13H21ClN2O3S. The van der Waals surface area contributed by atoms with Gasteiger partial charge in [0.2, 0.25) is 10.0 Å². The number of aliphatic hydroxyl groups is 1. The number of nitrogen functional groups attached to an aromatic ring is 1. The second-order valence-electron chi connectivity index (χ2n) is 4.49. The van der Waals surface area contributed by atoms with Gasteiger partial charge in [-0.05, 0) is 31.0 Å². The predicted molar refractivity (Wildman–Crippen MR) is 81.2 cm³/mol. The molecule has 3 N–H and O–H groups in total. The van der Waals surface area contributed by atoms with Crippen LogP contribution in [0, 0.1) is 0 Å². The van der Waals surface area contributed by atoms with Crippen LogP contribution in [0.4, 0.5) is 5.69 Å². The Bertz CT molecular complexity index is 545. The maximum absolute atomic E-state index is 12.7. The minimum Gasteiger partial charge on any atom is -0.398 e. The fourth-order valence-electron chi connectivity index (χ4n) is 2.15. The standard InChI is InChI=1S/C13H21ClN2O3S/c1-3-11(4-2)16(7-8-17)20(18,19)13-9-10(14)5-6-12(13)15/h5-6,9,11,17H,3-4,7-8,15H2,1-2H3. The van der Waals surface area contributed by atoms with Crippen molar-refractivity contribution < 1.29 is 13.5 Å². The zero-order valence-electron chi connectivity index (χ0n) is 11.7. The molecule has 0 radical (unpaired) electrons. The summed E-state index contributed by atoms with van der Waals surface area (Å²) in [5, 5.41) is 9.46. The van der Waals surface area contributed by atoms with E-state index in [1.807, 2.05) is 13.8 Å². The van der Waals surface area contributed by atoms with Crippen LogP contribution in [0.25, 0.3) is 0 Å². The van der Waals surface area contributed by atoms with Gasteiger partial charge in [-0.1, -0.05) is 25.4 Å². The number of halogens is 1. The van der Waals surface area contributed by atoms with Gasteiger partial charge in [0.15, 0.2) is 0 Å². The van der Waals surface area contributed by atoms with E-state index in [-0.39, 0.29) is 29.8 Å². The monoisotopic (exact) mass is 320 g/mol. The summed E-state index contributed by atoms with van der Waals surface area (Å²) in [5.74, 6) is 0. The van der Waals surface area contributed by atoms with Crippen LogP contribution in [0.1, 0.15) is 26.7 Å². The summed E-state index contributed by atoms with van der Waals surface area (Å²) in [6.45, 7) is 3.63. The Kier molecular flexibility index (Phi) is 6.26. The third-order valence-electron chi connectivity index (χ3n) is 3.23. The van der Waals surface area contributed by atoms with Gasteiger partial charge in [-0.15, -0.1) is 0 Å². The number of benzene rings is 1. The lowest BCUT2D eigenvalue weighted by Crippen LogP contribution is -2.41. The molecule has 1 rings (SSSR count). The molecule has 5 nitrogen and oxygen atoms in total. The molecule has 0 spiro atoms. The summed E-state index contributed by atoms with van der Waals surface area (Å²) in [4.78, 5) is -0.00894. The molecule has 0 fully saturated rings. The van der Waals surface area contributed by atoms with Crippen LogP contribution in [0.15, 0.2) is 23.1 Å². The Morgan fingerprint density at radius 3 is 2.45 bits per heavy atom. The molecule has 0 aliphatic rings. The Morgan fingerprint density at radius 2 is 1.95 bits per heavy atom. The highest BCUT2D eigenvalue weighted by Crippen LogP contribution is 2.28. The lowest BCUT2D eigenvalue weighted by molar-refractivity contribution is 0.219. The van der Waals surface area contributed by atoms with Gasteiger partial charge in [0.1, 0.15) is 4.90 Å². The quantitative estimate of drug-likeness (QED) is 0.753. The summed E-state index contributed by atoms with van der Waals surface area (Å²) < 4.78 is 26.8. The Balaban J connectivity index is 3.32. The average molecular weight is 321 g/mol. The highest BCUT2D eigenvalue weighted by molar-refractivity contribution is 7.89. The summed E-state index contributed by atoms with van der Waals surface area (Å²) in [6.07, 6.45) is 1.33. The van der Waals surface area contributed by atoms with Crippen LogP contribution >= 0.6 is 11.6 Å². The Morgan fingerprint density at radius 1 is 1.35 bits per heavy atom. The van der Waals surface area contributed by atoms with E-state index in [1.54, 1.807) is 6.07 Å². The van der Waals surface area contributed by atoms with Crippen molar-refractivity contribution in [2.24, 2.45) is 0 Å².